The number of carbonyl (C=O) groups is 1. The van der Waals surface area contributed by atoms with Crippen LogP contribution in [0.1, 0.15) is 34.3 Å². The molecule has 3 heterocycles. The van der Waals surface area contributed by atoms with E-state index >= 15 is 0 Å². The van der Waals surface area contributed by atoms with Gasteiger partial charge in [-0.25, -0.2) is 4.68 Å². The predicted molar refractivity (Wildman–Crippen MR) is 92.7 cm³/mol. The minimum absolute atomic E-state index is 0.108. The van der Waals surface area contributed by atoms with E-state index < -0.39 is 0 Å². The van der Waals surface area contributed by atoms with Gasteiger partial charge >= 0.3 is 0 Å². The number of hydrogen-bond donors (Lipinski definition) is 3. The van der Waals surface area contributed by atoms with Crippen molar-refractivity contribution in [3.8, 4) is 6.07 Å². The highest BCUT2D eigenvalue weighted by Crippen LogP contribution is 2.29. The van der Waals surface area contributed by atoms with Crippen molar-refractivity contribution in [2.24, 2.45) is 0 Å². The number of nitrogens with one attached hydrogen (secondary N) is 3. The molecule has 1 aliphatic heterocycles. The summed E-state index contributed by atoms with van der Waals surface area (Å²) in [4.78, 5) is 15.5. The lowest BCUT2D eigenvalue weighted by Crippen LogP contribution is -2.50. The van der Waals surface area contributed by atoms with Gasteiger partial charge in [0.05, 0.1) is 40.3 Å². The van der Waals surface area contributed by atoms with E-state index in [9.17, 15) is 4.79 Å². The summed E-state index contributed by atoms with van der Waals surface area (Å²) < 4.78 is 1.69. The van der Waals surface area contributed by atoms with Gasteiger partial charge in [-0.05, 0) is 19.9 Å². The molecule has 3 rings (SSSR count). The Labute approximate surface area is 154 Å². The van der Waals surface area contributed by atoms with Gasteiger partial charge in [0.1, 0.15) is 5.69 Å². The van der Waals surface area contributed by atoms with E-state index in [4.69, 9.17) is 28.5 Å². The van der Waals surface area contributed by atoms with E-state index in [0.717, 1.165) is 13.0 Å². The topological polar surface area (TPSA) is 111 Å². The summed E-state index contributed by atoms with van der Waals surface area (Å²) in [5, 5.41) is 23.7. The smallest absolute Gasteiger partial charge is 0.269 e. The maximum Gasteiger partial charge on any atom is 0.269 e. The highest BCUT2D eigenvalue weighted by molar-refractivity contribution is 6.44. The zero-order chi connectivity index (χ0) is 18.0. The van der Waals surface area contributed by atoms with Crippen LogP contribution < -0.4 is 10.6 Å². The van der Waals surface area contributed by atoms with Crippen molar-refractivity contribution >= 4 is 29.1 Å². The minimum Gasteiger partial charge on any atom is -0.352 e. The average molecular weight is 382 g/mol. The van der Waals surface area contributed by atoms with Gasteiger partial charge in [-0.15, -0.1) is 5.10 Å². The van der Waals surface area contributed by atoms with E-state index in [2.05, 4.69) is 25.9 Å². The molecule has 0 aromatic carbocycles. The number of hydrogen-bond acceptors (Lipinski definition) is 5. The van der Waals surface area contributed by atoms with Crippen molar-refractivity contribution in [2.45, 2.75) is 31.8 Å². The fourth-order valence-corrected chi connectivity index (χ4v) is 3.31. The molecule has 1 saturated heterocycles. The Bertz CT molecular complexity index is 822. The fourth-order valence-electron chi connectivity index (χ4n) is 2.89. The van der Waals surface area contributed by atoms with Gasteiger partial charge in [-0.1, -0.05) is 28.4 Å². The van der Waals surface area contributed by atoms with E-state index in [1.165, 1.54) is 0 Å². The lowest BCUT2D eigenvalue weighted by molar-refractivity contribution is 0.0905. The Hall–Kier alpha value is -2.08. The van der Waals surface area contributed by atoms with E-state index in [1.54, 1.807) is 17.8 Å². The lowest BCUT2D eigenvalue weighted by Gasteiger charge is -2.32. The van der Waals surface area contributed by atoms with Crippen molar-refractivity contribution in [1.29, 1.82) is 5.26 Å². The number of aromatic nitrogens is 4. The predicted octanol–water partition coefficient (Wildman–Crippen LogP) is 1.62. The zero-order valence-electron chi connectivity index (χ0n) is 13.5. The summed E-state index contributed by atoms with van der Waals surface area (Å²) >= 11 is 12.2. The first-order valence-electron chi connectivity index (χ1n) is 7.84. The molecule has 2 atom stereocenters. The van der Waals surface area contributed by atoms with Crippen LogP contribution in [0.2, 0.25) is 10.0 Å². The first-order valence-corrected chi connectivity index (χ1v) is 8.59. The molecule has 3 N–H and O–H groups in total. The molecule has 2 aromatic heterocycles. The van der Waals surface area contributed by atoms with Crippen LogP contribution in [-0.4, -0.2) is 45.0 Å². The fraction of sp³-hybridized carbons (Fsp3) is 0.467. The summed E-state index contributed by atoms with van der Waals surface area (Å²) in [7, 11) is 0. The number of aryl methyl sites for hydroxylation is 1. The third kappa shape index (κ3) is 3.63. The molecule has 132 valence electrons. The number of aromatic amines is 1. The number of nitrogens with zero attached hydrogens (tertiary/aromatic N) is 4. The summed E-state index contributed by atoms with van der Waals surface area (Å²) in [6.07, 6.45) is 2.67. The van der Waals surface area contributed by atoms with Crippen LogP contribution in [0.5, 0.6) is 0 Å². The van der Waals surface area contributed by atoms with Crippen molar-refractivity contribution in [3.05, 3.63) is 33.3 Å². The second-order valence-electron chi connectivity index (χ2n) is 5.92. The van der Waals surface area contributed by atoms with Crippen LogP contribution in [0, 0.1) is 18.3 Å². The van der Waals surface area contributed by atoms with E-state index in [0.29, 0.717) is 23.0 Å². The minimum atomic E-state index is -0.311. The molecule has 1 amide bonds. The maximum absolute atomic E-state index is 12.6. The largest absolute Gasteiger partial charge is 0.352 e. The van der Waals surface area contributed by atoms with Crippen molar-refractivity contribution < 1.29 is 4.79 Å². The molecule has 0 bridgehead atoms. The van der Waals surface area contributed by atoms with Crippen LogP contribution in [0.3, 0.4) is 0 Å². The Morgan fingerprint density at radius 1 is 1.52 bits per heavy atom. The van der Waals surface area contributed by atoms with Crippen LogP contribution in [-0.2, 0) is 6.42 Å². The first kappa shape index (κ1) is 17.7. The quantitative estimate of drug-likeness (QED) is 0.744. The van der Waals surface area contributed by atoms with Crippen LogP contribution in [0.25, 0.3) is 0 Å². The summed E-state index contributed by atoms with van der Waals surface area (Å²) in [6, 6.07) is 1.79. The zero-order valence-corrected chi connectivity index (χ0v) is 15.0. The Morgan fingerprint density at radius 2 is 2.32 bits per heavy atom. The highest BCUT2D eigenvalue weighted by atomic mass is 35.5. The number of H-pyrrole nitrogens is 1. The molecule has 25 heavy (non-hydrogen) atoms. The number of rotatable bonds is 4. The molecule has 0 spiro atoms. The van der Waals surface area contributed by atoms with Crippen molar-refractivity contribution in [3.63, 3.8) is 0 Å². The lowest BCUT2D eigenvalue weighted by atomic mass is 10.0. The second kappa shape index (κ2) is 7.44. The van der Waals surface area contributed by atoms with E-state index in [-0.39, 0.29) is 35.1 Å². The summed E-state index contributed by atoms with van der Waals surface area (Å²) in [5.74, 6) is -0.311. The molecular weight excluding hydrogens is 365 g/mol. The Morgan fingerprint density at radius 3 is 3.00 bits per heavy atom. The number of amides is 1. The Kier molecular flexibility index (Phi) is 5.27. The second-order valence-corrected chi connectivity index (χ2v) is 6.67. The summed E-state index contributed by atoms with van der Waals surface area (Å²) in [6.45, 7) is 3.17. The SMILES string of the molecule is Cc1[nH]c(C(=O)N[C@@H]2CCNC[C@H]2n2cc(CC#N)nn2)c(Cl)c1Cl. The first-order chi connectivity index (χ1) is 12.0. The third-order valence-corrected chi connectivity index (χ3v) is 5.15. The van der Waals surface area contributed by atoms with Crippen LogP contribution in [0.15, 0.2) is 6.20 Å². The monoisotopic (exact) mass is 381 g/mol. The molecule has 1 fully saturated rings. The van der Waals surface area contributed by atoms with Gasteiger partial charge < -0.3 is 15.6 Å². The average Bonchev–Trinajstić information content (AvgIpc) is 3.16. The van der Waals surface area contributed by atoms with Gasteiger partial charge in [-0.2, -0.15) is 5.26 Å². The van der Waals surface area contributed by atoms with Gasteiger partial charge in [-0.3, -0.25) is 4.79 Å². The van der Waals surface area contributed by atoms with E-state index in [1.807, 2.05) is 6.07 Å². The molecule has 0 saturated carbocycles. The van der Waals surface area contributed by atoms with Gasteiger partial charge in [0.25, 0.3) is 5.91 Å². The van der Waals surface area contributed by atoms with Crippen LogP contribution in [0.4, 0.5) is 0 Å². The molecule has 1 aliphatic rings. The summed E-state index contributed by atoms with van der Waals surface area (Å²) in [5.41, 5.74) is 1.51. The number of halogens is 2. The van der Waals surface area contributed by atoms with Gasteiger partial charge in [0, 0.05) is 18.4 Å². The Balaban J connectivity index is 1.77. The molecule has 8 nitrogen and oxygen atoms in total. The van der Waals surface area contributed by atoms with Crippen LogP contribution >= 0.6 is 23.2 Å². The van der Waals surface area contributed by atoms with Crippen molar-refractivity contribution in [1.82, 2.24) is 30.6 Å². The van der Waals surface area contributed by atoms with Crippen molar-refractivity contribution in [2.75, 3.05) is 13.1 Å². The van der Waals surface area contributed by atoms with Gasteiger partial charge in [0.15, 0.2) is 0 Å². The standard InChI is InChI=1S/C15H17Cl2N7O/c1-8-12(16)13(17)14(20-8)15(25)21-10-3-5-19-6-11(10)24-7-9(2-4-18)22-23-24/h7,10-11,19-20H,2-3,5-6H2,1H3,(H,21,25)/t10-,11-/m1/s1. The maximum atomic E-state index is 12.6. The molecule has 0 aliphatic carbocycles. The highest BCUT2D eigenvalue weighted by Gasteiger charge is 2.30. The normalized spacial score (nSPS) is 20.2. The molecule has 2 aromatic rings. The molecule has 0 unspecified atom stereocenters. The number of carbonyl (C=O) groups excluding carboxylic acids is 1. The molecule has 0 radical (unpaired) electrons. The number of piperidine rings is 1. The van der Waals surface area contributed by atoms with Gasteiger partial charge in [0.2, 0.25) is 0 Å². The molecular formula is C15H17Cl2N7O. The molecule has 10 heteroatoms. The number of nitriles is 1. The third-order valence-electron chi connectivity index (χ3n) is 4.21.